The minimum atomic E-state index is -0.949. The van der Waals surface area contributed by atoms with Crippen LogP contribution in [0.25, 0.3) is 122 Å². The Kier molecular flexibility index (Phi) is 7.05. The maximum atomic E-state index is 8.07. The highest BCUT2D eigenvalue weighted by atomic mass is 16.4. The molecular weight excluding hydrogens is 933 g/mol. The van der Waals surface area contributed by atoms with Crippen molar-refractivity contribution in [3.05, 3.63) is 275 Å². The third kappa shape index (κ3) is 4.40. The summed E-state index contributed by atoms with van der Waals surface area (Å²) in [5.74, 6) is 3.21. The normalized spacial score (nSPS) is 14.5. The molecule has 0 N–H and O–H groups in total. The van der Waals surface area contributed by atoms with Crippen LogP contribution in [0.4, 0.5) is 0 Å². The Bertz CT molecular complexity index is 4810. The number of benzene rings is 10. The van der Waals surface area contributed by atoms with Crippen molar-refractivity contribution in [2.45, 2.75) is 10.8 Å². The number of rotatable bonds is 2. The molecule has 0 saturated carbocycles. The predicted molar refractivity (Wildman–Crippen MR) is 302 cm³/mol. The molecule has 0 bridgehead atoms. The van der Waals surface area contributed by atoms with Gasteiger partial charge in [-0.05, 0) is 93.0 Å². The second-order valence-corrected chi connectivity index (χ2v) is 20.9. The van der Waals surface area contributed by atoms with E-state index in [1.54, 1.807) is 0 Å². The molecule has 352 valence electrons. The second kappa shape index (κ2) is 13.6. The molecule has 6 heteroatoms. The van der Waals surface area contributed by atoms with Crippen LogP contribution in [0.5, 0.6) is 0 Å². The Morgan fingerprint density at radius 3 is 1.00 bits per heavy atom. The summed E-state index contributed by atoms with van der Waals surface area (Å²) < 4.78 is 33.9. The van der Waals surface area contributed by atoms with Gasteiger partial charge in [-0.3, -0.25) is 9.13 Å². The molecule has 0 radical (unpaired) electrons. The third-order valence-electron chi connectivity index (χ3n) is 17.6. The highest BCUT2D eigenvalue weighted by Crippen LogP contribution is 2.69. The van der Waals surface area contributed by atoms with Crippen LogP contribution in [0.2, 0.25) is 0 Å². The lowest BCUT2D eigenvalue weighted by Gasteiger charge is -2.42. The zero-order valence-electron chi connectivity index (χ0n) is 40.5. The first-order chi connectivity index (χ1) is 37.7. The van der Waals surface area contributed by atoms with Crippen molar-refractivity contribution in [2.75, 3.05) is 0 Å². The van der Waals surface area contributed by atoms with Gasteiger partial charge in [-0.2, -0.15) is 0 Å². The summed E-state index contributed by atoms with van der Waals surface area (Å²) >= 11 is 0. The zero-order valence-corrected chi connectivity index (χ0v) is 40.5. The van der Waals surface area contributed by atoms with Crippen molar-refractivity contribution in [2.24, 2.45) is 0 Å². The maximum absolute atomic E-state index is 8.07. The van der Waals surface area contributed by atoms with E-state index >= 15 is 0 Å². The topological polar surface area (TPSA) is 62.4 Å². The zero-order chi connectivity index (χ0) is 49.2. The first-order valence-corrected chi connectivity index (χ1v) is 26.1. The smallest absolute Gasteiger partial charge is 0.205 e. The molecular formula is C70H38N2O4. The van der Waals surface area contributed by atoms with E-state index in [-0.39, 0.29) is 0 Å². The molecule has 6 aromatic heterocycles. The largest absolute Gasteiger partial charge is 0.456 e. The van der Waals surface area contributed by atoms with Crippen molar-refractivity contribution in [3.8, 4) is 34.0 Å². The molecule has 3 aliphatic carbocycles. The van der Waals surface area contributed by atoms with Crippen LogP contribution in [-0.4, -0.2) is 9.13 Å². The Morgan fingerprint density at radius 2 is 0.592 bits per heavy atom. The summed E-state index contributed by atoms with van der Waals surface area (Å²) in [6.45, 7) is 0. The van der Waals surface area contributed by atoms with Gasteiger partial charge in [0.05, 0.1) is 22.1 Å². The van der Waals surface area contributed by atoms with Gasteiger partial charge in [0, 0.05) is 66.3 Å². The molecule has 2 spiro atoms. The van der Waals surface area contributed by atoms with E-state index in [0.717, 1.165) is 144 Å². The van der Waals surface area contributed by atoms with Crippen LogP contribution in [0.1, 0.15) is 44.9 Å². The van der Waals surface area contributed by atoms with Crippen LogP contribution in [0.3, 0.4) is 0 Å². The first-order valence-electron chi connectivity index (χ1n) is 26.1. The molecule has 3 aliphatic rings. The van der Waals surface area contributed by atoms with Gasteiger partial charge in [-0.15, -0.1) is 0 Å². The van der Waals surface area contributed by atoms with Crippen LogP contribution in [0, 0.1) is 0 Å². The van der Waals surface area contributed by atoms with E-state index in [1.165, 1.54) is 22.3 Å². The van der Waals surface area contributed by atoms with Crippen LogP contribution >= 0.6 is 0 Å². The molecule has 0 saturated heterocycles. The van der Waals surface area contributed by atoms with Gasteiger partial charge >= 0.3 is 0 Å². The van der Waals surface area contributed by atoms with Gasteiger partial charge in [0.15, 0.2) is 0 Å². The molecule has 0 aliphatic heterocycles. The quantitative estimate of drug-likeness (QED) is 0.173. The van der Waals surface area contributed by atoms with Crippen molar-refractivity contribution in [1.29, 1.82) is 0 Å². The molecule has 6 nitrogen and oxygen atoms in total. The molecule has 16 aromatic rings. The lowest BCUT2D eigenvalue weighted by Crippen LogP contribution is -2.42. The fourth-order valence-electron chi connectivity index (χ4n) is 14.9. The van der Waals surface area contributed by atoms with E-state index in [9.17, 15) is 0 Å². The summed E-state index contributed by atoms with van der Waals surface area (Å²) in [6.07, 6.45) is 0. The van der Waals surface area contributed by atoms with E-state index in [0.29, 0.717) is 0 Å². The molecule has 0 atom stereocenters. The van der Waals surface area contributed by atoms with Gasteiger partial charge in [0.2, 0.25) is 11.8 Å². The summed E-state index contributed by atoms with van der Waals surface area (Å²) in [5.41, 5.74) is 17.2. The predicted octanol–water partition coefficient (Wildman–Crippen LogP) is 17.9. The Morgan fingerprint density at radius 1 is 0.250 bits per heavy atom. The average Bonchev–Trinajstić information content (AvgIpc) is 4.12. The Balaban J connectivity index is 0.995. The standard InChI is InChI=1S/C70H38N2O4/c1-9-25-47-39(17-1)40-18-2-10-26-48(40)69(47)51-37-61(71-53-29-13-5-21-43(53)63-55(71)33-35-59-65(63)45-23-7-15-31-57(45)73-59)76-68(51)70(49-27-11-3-19-41(49)42-20-4-12-28-50(42)70)52-38-62(75-67(52)69)72-54-30-14-6-22-44(54)64-56(72)34-36-60-66(64)46-24-8-16-32-58(46)74-60/h1-38H. The van der Waals surface area contributed by atoms with E-state index in [2.05, 4.69) is 228 Å². The Hall–Kier alpha value is -10.0. The number of fused-ring (bicyclic) bond motifs is 30. The van der Waals surface area contributed by atoms with Crippen molar-refractivity contribution < 1.29 is 17.7 Å². The summed E-state index contributed by atoms with van der Waals surface area (Å²) in [4.78, 5) is 0. The Labute approximate surface area is 432 Å². The number of para-hydroxylation sites is 4. The SMILES string of the molecule is c1ccc2c(c1)-c1ccccc1C21c2cc(-n3c4ccccc4c4c5c(ccc43)oc3ccccc35)oc2C2(c3ccccc3-c3ccccc32)c2cc(-n3c4ccccc4c4c5c(ccc43)oc3ccccc35)oc21. The summed E-state index contributed by atoms with van der Waals surface area (Å²) in [7, 11) is 0. The van der Waals surface area contributed by atoms with Gasteiger partial charge in [-0.25, -0.2) is 0 Å². The number of hydrogen-bond acceptors (Lipinski definition) is 4. The molecule has 0 amide bonds. The second-order valence-electron chi connectivity index (χ2n) is 20.9. The fraction of sp³-hybridized carbons (Fsp3) is 0.0286. The van der Waals surface area contributed by atoms with Crippen molar-refractivity contribution in [1.82, 2.24) is 9.13 Å². The minimum absolute atomic E-state index is 0.731. The van der Waals surface area contributed by atoms with Crippen LogP contribution < -0.4 is 0 Å². The van der Waals surface area contributed by atoms with Crippen LogP contribution in [-0.2, 0) is 10.8 Å². The summed E-state index contributed by atoms with van der Waals surface area (Å²) in [6, 6.07) is 83.3. The average molecular weight is 971 g/mol. The monoisotopic (exact) mass is 970 g/mol. The number of nitrogens with zero attached hydrogens (tertiary/aromatic N) is 2. The lowest BCUT2D eigenvalue weighted by atomic mass is 9.57. The molecule has 19 rings (SSSR count). The van der Waals surface area contributed by atoms with E-state index < -0.39 is 10.8 Å². The highest BCUT2D eigenvalue weighted by molar-refractivity contribution is 6.28. The number of furan rings is 4. The van der Waals surface area contributed by atoms with Crippen molar-refractivity contribution >= 4 is 87.5 Å². The summed E-state index contributed by atoms with van der Waals surface area (Å²) in [5, 5.41) is 8.90. The van der Waals surface area contributed by atoms with E-state index in [1.807, 2.05) is 12.1 Å². The van der Waals surface area contributed by atoms with E-state index in [4.69, 9.17) is 17.7 Å². The number of hydrogen-bond donors (Lipinski definition) is 0. The van der Waals surface area contributed by atoms with Gasteiger partial charge in [-0.1, -0.05) is 170 Å². The molecule has 6 heterocycles. The fourth-order valence-corrected chi connectivity index (χ4v) is 14.9. The van der Waals surface area contributed by atoms with Crippen molar-refractivity contribution in [3.63, 3.8) is 0 Å². The van der Waals surface area contributed by atoms with Gasteiger partial charge in [0.1, 0.15) is 44.7 Å². The lowest BCUT2D eigenvalue weighted by molar-refractivity contribution is 0.394. The third-order valence-corrected chi connectivity index (χ3v) is 17.6. The van der Waals surface area contributed by atoms with Crippen LogP contribution in [0.15, 0.2) is 248 Å². The molecule has 10 aromatic carbocycles. The first kappa shape index (κ1) is 39.5. The number of aromatic nitrogens is 2. The minimum Gasteiger partial charge on any atom is -0.456 e. The maximum Gasteiger partial charge on any atom is 0.205 e. The van der Waals surface area contributed by atoms with Gasteiger partial charge in [0.25, 0.3) is 0 Å². The highest BCUT2D eigenvalue weighted by Gasteiger charge is 2.64. The molecule has 0 fully saturated rings. The molecule has 76 heavy (non-hydrogen) atoms. The van der Waals surface area contributed by atoms with Gasteiger partial charge < -0.3 is 17.7 Å². The molecule has 0 unspecified atom stereocenters.